The van der Waals surface area contributed by atoms with Crippen LogP contribution >= 0.6 is 22.6 Å². The van der Waals surface area contributed by atoms with Crippen molar-refractivity contribution in [1.29, 1.82) is 0 Å². The fourth-order valence-electron chi connectivity index (χ4n) is 1.06. The summed E-state index contributed by atoms with van der Waals surface area (Å²) >= 11 is 2.11. The summed E-state index contributed by atoms with van der Waals surface area (Å²) in [6.45, 7) is 0.555. The fourth-order valence-corrected chi connectivity index (χ4v) is 1.51. The van der Waals surface area contributed by atoms with Gasteiger partial charge in [-0.1, -0.05) is 0 Å². The predicted octanol–water partition coefficient (Wildman–Crippen LogP) is 3.22. The van der Waals surface area contributed by atoms with E-state index >= 15 is 0 Å². The zero-order valence-electron chi connectivity index (χ0n) is 7.39. The van der Waals surface area contributed by atoms with Crippen molar-refractivity contribution < 1.29 is 13.2 Å². The fraction of sp³-hybridized carbons (Fsp3) is 0.625. The Kier molecular flexibility index (Phi) is 4.21. The average molecular weight is 318 g/mol. The van der Waals surface area contributed by atoms with Gasteiger partial charge in [0.25, 0.3) is 0 Å². The van der Waals surface area contributed by atoms with E-state index in [0.717, 1.165) is 3.57 Å². The van der Waals surface area contributed by atoms with Gasteiger partial charge in [0, 0.05) is 19.2 Å². The standard InChI is InChI=1S/C8H10F3IN2/c9-8(10,11)3-1-2-4-14-6-7(12)5-13-14/h5-6H,1-4H2. The van der Waals surface area contributed by atoms with Crippen LogP contribution in [-0.4, -0.2) is 16.0 Å². The molecule has 2 nitrogen and oxygen atoms in total. The van der Waals surface area contributed by atoms with Gasteiger partial charge >= 0.3 is 6.18 Å². The van der Waals surface area contributed by atoms with Gasteiger partial charge in [0.1, 0.15) is 0 Å². The third-order valence-corrected chi connectivity index (χ3v) is 2.26. The number of hydrogen-bond acceptors (Lipinski definition) is 1. The summed E-state index contributed by atoms with van der Waals surface area (Å²) in [4.78, 5) is 0. The third-order valence-electron chi connectivity index (χ3n) is 1.70. The number of aromatic nitrogens is 2. The molecule has 0 aliphatic heterocycles. The van der Waals surface area contributed by atoms with Crippen LogP contribution in [-0.2, 0) is 6.54 Å². The van der Waals surface area contributed by atoms with Crippen LogP contribution < -0.4 is 0 Å². The van der Waals surface area contributed by atoms with Gasteiger partial charge < -0.3 is 0 Å². The first-order valence-electron chi connectivity index (χ1n) is 4.22. The van der Waals surface area contributed by atoms with Crippen molar-refractivity contribution in [2.24, 2.45) is 0 Å². The van der Waals surface area contributed by atoms with Crippen LogP contribution in [0.5, 0.6) is 0 Å². The van der Waals surface area contributed by atoms with E-state index in [4.69, 9.17) is 0 Å². The lowest BCUT2D eigenvalue weighted by atomic mass is 10.2. The minimum absolute atomic E-state index is 0.167. The van der Waals surface area contributed by atoms with Crippen molar-refractivity contribution in [2.45, 2.75) is 32.0 Å². The van der Waals surface area contributed by atoms with Crippen LogP contribution in [0.4, 0.5) is 13.2 Å². The Labute approximate surface area is 93.6 Å². The number of rotatable bonds is 4. The van der Waals surface area contributed by atoms with Gasteiger partial charge in [0.15, 0.2) is 0 Å². The average Bonchev–Trinajstić information content (AvgIpc) is 2.44. The second-order valence-electron chi connectivity index (χ2n) is 2.99. The second kappa shape index (κ2) is 4.99. The van der Waals surface area contributed by atoms with E-state index in [-0.39, 0.29) is 6.42 Å². The first-order valence-corrected chi connectivity index (χ1v) is 5.30. The van der Waals surface area contributed by atoms with Crippen molar-refractivity contribution in [3.05, 3.63) is 16.0 Å². The normalized spacial score (nSPS) is 12.0. The smallest absolute Gasteiger partial charge is 0.272 e. The zero-order valence-corrected chi connectivity index (χ0v) is 9.55. The molecule has 0 saturated carbocycles. The molecule has 0 fully saturated rings. The Bertz CT molecular complexity index is 282. The summed E-state index contributed by atoms with van der Waals surface area (Å²) in [5, 5.41) is 3.98. The number of nitrogens with zero attached hydrogens (tertiary/aromatic N) is 2. The van der Waals surface area contributed by atoms with E-state index in [0.29, 0.717) is 13.0 Å². The lowest BCUT2D eigenvalue weighted by molar-refractivity contribution is -0.135. The summed E-state index contributed by atoms with van der Waals surface area (Å²) in [7, 11) is 0. The lowest BCUT2D eigenvalue weighted by Crippen LogP contribution is -2.07. The molecule has 14 heavy (non-hydrogen) atoms. The Hall–Kier alpha value is -0.270. The van der Waals surface area contributed by atoms with Gasteiger partial charge in [0.05, 0.1) is 9.77 Å². The molecule has 1 heterocycles. The van der Waals surface area contributed by atoms with Crippen LogP contribution in [0.2, 0.25) is 0 Å². The summed E-state index contributed by atoms with van der Waals surface area (Å²) in [6.07, 6.45) is -0.556. The van der Waals surface area contributed by atoms with Crippen molar-refractivity contribution in [3.63, 3.8) is 0 Å². The number of alkyl halides is 3. The highest BCUT2D eigenvalue weighted by atomic mass is 127. The Balaban J connectivity index is 2.16. The molecule has 1 rings (SSSR count). The third kappa shape index (κ3) is 4.83. The maximum Gasteiger partial charge on any atom is 0.389 e. The van der Waals surface area contributed by atoms with E-state index in [1.54, 1.807) is 10.9 Å². The van der Waals surface area contributed by atoms with Crippen molar-refractivity contribution in [1.82, 2.24) is 9.78 Å². The zero-order chi connectivity index (χ0) is 10.6. The maximum absolute atomic E-state index is 11.8. The highest BCUT2D eigenvalue weighted by molar-refractivity contribution is 14.1. The van der Waals surface area contributed by atoms with E-state index in [1.807, 2.05) is 6.20 Å². The van der Waals surface area contributed by atoms with Crippen molar-refractivity contribution in [3.8, 4) is 0 Å². The SMILES string of the molecule is FC(F)(F)CCCCn1cc(I)cn1. The van der Waals surface area contributed by atoms with Gasteiger partial charge in [-0.2, -0.15) is 18.3 Å². The number of aryl methyl sites for hydroxylation is 1. The van der Waals surface area contributed by atoms with Crippen molar-refractivity contribution in [2.75, 3.05) is 0 Å². The Morgan fingerprint density at radius 1 is 1.36 bits per heavy atom. The van der Waals surface area contributed by atoms with Crippen molar-refractivity contribution >= 4 is 22.6 Å². The molecular formula is C8H10F3IN2. The van der Waals surface area contributed by atoms with Crippen LogP contribution in [0.25, 0.3) is 0 Å². The molecule has 80 valence electrons. The molecule has 0 unspecified atom stereocenters. The molecule has 0 atom stereocenters. The highest BCUT2D eigenvalue weighted by Crippen LogP contribution is 2.22. The van der Waals surface area contributed by atoms with E-state index in [2.05, 4.69) is 27.7 Å². The highest BCUT2D eigenvalue weighted by Gasteiger charge is 2.25. The lowest BCUT2D eigenvalue weighted by Gasteiger charge is -2.05. The van der Waals surface area contributed by atoms with Gasteiger partial charge in [-0.25, -0.2) is 0 Å². The molecule has 0 N–H and O–H groups in total. The molecule has 1 aromatic heterocycles. The number of hydrogen-bond donors (Lipinski definition) is 0. The molecule has 0 amide bonds. The number of halogens is 4. The van der Waals surface area contributed by atoms with E-state index < -0.39 is 12.6 Å². The monoisotopic (exact) mass is 318 g/mol. The first kappa shape index (κ1) is 11.8. The minimum Gasteiger partial charge on any atom is -0.272 e. The summed E-state index contributed by atoms with van der Waals surface area (Å²) in [6, 6.07) is 0. The van der Waals surface area contributed by atoms with E-state index in [1.165, 1.54) is 0 Å². The van der Waals surface area contributed by atoms with Crippen LogP contribution in [0.1, 0.15) is 19.3 Å². The first-order chi connectivity index (χ1) is 6.47. The van der Waals surface area contributed by atoms with Gasteiger partial charge in [-0.15, -0.1) is 0 Å². The Morgan fingerprint density at radius 2 is 2.07 bits per heavy atom. The largest absolute Gasteiger partial charge is 0.389 e. The topological polar surface area (TPSA) is 17.8 Å². The Morgan fingerprint density at radius 3 is 2.57 bits per heavy atom. The van der Waals surface area contributed by atoms with Gasteiger partial charge in [0.2, 0.25) is 0 Å². The minimum atomic E-state index is -4.03. The molecule has 1 aromatic rings. The molecule has 0 radical (unpaired) electrons. The molecule has 0 aliphatic carbocycles. The second-order valence-corrected chi connectivity index (χ2v) is 4.24. The molecular weight excluding hydrogens is 308 g/mol. The molecule has 0 saturated heterocycles. The molecule has 0 bridgehead atoms. The van der Waals surface area contributed by atoms with Crippen LogP contribution in [0.3, 0.4) is 0 Å². The summed E-state index contributed by atoms with van der Waals surface area (Å²) < 4.78 is 37.9. The molecule has 0 spiro atoms. The van der Waals surface area contributed by atoms with Gasteiger partial charge in [-0.3, -0.25) is 4.68 Å². The number of unbranched alkanes of at least 4 members (excludes halogenated alkanes) is 1. The quantitative estimate of drug-likeness (QED) is 0.616. The summed E-state index contributed by atoms with van der Waals surface area (Å²) in [5.41, 5.74) is 0. The molecule has 0 aromatic carbocycles. The maximum atomic E-state index is 11.8. The molecule has 6 heteroatoms. The van der Waals surface area contributed by atoms with Crippen LogP contribution in [0.15, 0.2) is 12.4 Å². The van der Waals surface area contributed by atoms with Crippen LogP contribution in [0, 0.1) is 3.57 Å². The van der Waals surface area contributed by atoms with Gasteiger partial charge in [-0.05, 0) is 35.4 Å². The predicted molar refractivity (Wildman–Crippen MR) is 54.9 cm³/mol. The van der Waals surface area contributed by atoms with E-state index in [9.17, 15) is 13.2 Å². The summed E-state index contributed by atoms with van der Waals surface area (Å²) in [5.74, 6) is 0. The molecule has 0 aliphatic rings.